The lowest BCUT2D eigenvalue weighted by molar-refractivity contribution is -0.140. The van der Waals surface area contributed by atoms with Gasteiger partial charge in [0.2, 0.25) is 5.88 Å². The number of carboxylic acids is 1. The Kier molecular flexibility index (Phi) is 5.76. The van der Waals surface area contributed by atoms with Crippen molar-refractivity contribution in [3.05, 3.63) is 22.8 Å². The molecule has 0 aliphatic heterocycles. The number of carboxylic acid groups (broad SMARTS) is 1. The Balaban J connectivity index is 2.87. The average molecular weight is 301 g/mol. The SMILES string of the molecule is CCOc1ncc(C(=O)NC(C(=O)O)C(C)C)cc1Cl. The molecule has 1 amide bonds. The quantitative estimate of drug-likeness (QED) is 0.838. The van der Waals surface area contributed by atoms with Gasteiger partial charge in [0.05, 0.1) is 12.2 Å². The van der Waals surface area contributed by atoms with Crippen LogP contribution in [0.4, 0.5) is 0 Å². The number of amides is 1. The second kappa shape index (κ2) is 7.09. The molecule has 0 radical (unpaired) electrons. The highest BCUT2D eigenvalue weighted by Gasteiger charge is 2.24. The minimum Gasteiger partial charge on any atom is -0.480 e. The number of aliphatic carboxylic acids is 1. The highest BCUT2D eigenvalue weighted by atomic mass is 35.5. The molecule has 1 aromatic rings. The fraction of sp³-hybridized carbons (Fsp3) is 0.462. The van der Waals surface area contributed by atoms with Gasteiger partial charge in [-0.2, -0.15) is 0 Å². The molecule has 0 saturated carbocycles. The number of aromatic nitrogens is 1. The van der Waals surface area contributed by atoms with Gasteiger partial charge in [-0.25, -0.2) is 9.78 Å². The number of halogens is 1. The third-order valence-electron chi connectivity index (χ3n) is 2.57. The number of nitrogens with one attached hydrogen (secondary N) is 1. The summed E-state index contributed by atoms with van der Waals surface area (Å²) in [4.78, 5) is 26.9. The van der Waals surface area contributed by atoms with E-state index in [9.17, 15) is 9.59 Å². The molecular weight excluding hydrogens is 284 g/mol. The molecule has 20 heavy (non-hydrogen) atoms. The van der Waals surface area contributed by atoms with Crippen LogP contribution < -0.4 is 10.1 Å². The van der Waals surface area contributed by atoms with Crippen molar-refractivity contribution in [2.45, 2.75) is 26.8 Å². The molecule has 6 nitrogen and oxygen atoms in total. The zero-order chi connectivity index (χ0) is 15.3. The van der Waals surface area contributed by atoms with E-state index < -0.39 is 17.9 Å². The molecule has 1 heterocycles. The summed E-state index contributed by atoms with van der Waals surface area (Å²) in [6.07, 6.45) is 1.30. The number of carbonyl (C=O) groups is 2. The van der Waals surface area contributed by atoms with Crippen LogP contribution in [-0.2, 0) is 4.79 Å². The normalized spacial score (nSPS) is 12.1. The van der Waals surface area contributed by atoms with Gasteiger partial charge in [0, 0.05) is 6.20 Å². The Morgan fingerprint density at radius 1 is 1.50 bits per heavy atom. The van der Waals surface area contributed by atoms with Crippen LogP contribution in [0.3, 0.4) is 0 Å². The molecule has 1 atom stereocenters. The van der Waals surface area contributed by atoms with E-state index in [2.05, 4.69) is 10.3 Å². The summed E-state index contributed by atoms with van der Waals surface area (Å²) in [6, 6.07) is 0.432. The summed E-state index contributed by atoms with van der Waals surface area (Å²) in [5.74, 6) is -1.62. The van der Waals surface area contributed by atoms with Crippen LogP contribution in [-0.4, -0.2) is 34.6 Å². The van der Waals surface area contributed by atoms with Crippen molar-refractivity contribution in [3.63, 3.8) is 0 Å². The molecule has 1 rings (SSSR count). The predicted octanol–water partition coefficient (Wildman–Crippen LogP) is 1.97. The van der Waals surface area contributed by atoms with E-state index >= 15 is 0 Å². The van der Waals surface area contributed by atoms with Crippen LogP contribution in [0.25, 0.3) is 0 Å². The molecule has 0 fully saturated rings. The molecule has 1 unspecified atom stereocenters. The third-order valence-corrected chi connectivity index (χ3v) is 2.84. The van der Waals surface area contributed by atoms with E-state index in [0.717, 1.165) is 0 Å². The number of hydrogen-bond acceptors (Lipinski definition) is 4. The molecule has 110 valence electrons. The van der Waals surface area contributed by atoms with Crippen LogP contribution in [0.2, 0.25) is 5.02 Å². The van der Waals surface area contributed by atoms with E-state index in [4.69, 9.17) is 21.4 Å². The summed E-state index contributed by atoms with van der Waals surface area (Å²) in [5.41, 5.74) is 0.186. The van der Waals surface area contributed by atoms with E-state index in [1.54, 1.807) is 20.8 Å². The molecule has 0 saturated heterocycles. The Labute approximate surface area is 122 Å². The van der Waals surface area contributed by atoms with E-state index in [1.165, 1.54) is 12.3 Å². The first-order valence-corrected chi connectivity index (χ1v) is 6.56. The third kappa shape index (κ3) is 4.09. The highest BCUT2D eigenvalue weighted by molar-refractivity contribution is 6.32. The minimum absolute atomic E-state index is 0.186. The summed E-state index contributed by atoms with van der Waals surface area (Å²) in [7, 11) is 0. The van der Waals surface area contributed by atoms with Crippen molar-refractivity contribution < 1.29 is 19.4 Å². The van der Waals surface area contributed by atoms with Crippen molar-refractivity contribution in [2.24, 2.45) is 5.92 Å². The van der Waals surface area contributed by atoms with Crippen molar-refractivity contribution in [3.8, 4) is 5.88 Å². The van der Waals surface area contributed by atoms with Gasteiger partial charge in [0.1, 0.15) is 11.1 Å². The maximum atomic E-state index is 12.0. The van der Waals surface area contributed by atoms with Gasteiger partial charge in [0.25, 0.3) is 5.91 Å². The fourth-order valence-corrected chi connectivity index (χ4v) is 1.75. The molecule has 0 aliphatic carbocycles. The zero-order valence-corrected chi connectivity index (χ0v) is 12.3. The van der Waals surface area contributed by atoms with Gasteiger partial charge in [-0.1, -0.05) is 25.4 Å². The Hall–Kier alpha value is -1.82. The van der Waals surface area contributed by atoms with Crippen LogP contribution in [0.15, 0.2) is 12.3 Å². The lowest BCUT2D eigenvalue weighted by atomic mass is 10.0. The van der Waals surface area contributed by atoms with Crippen molar-refractivity contribution in [1.29, 1.82) is 0 Å². The first-order chi connectivity index (χ1) is 9.36. The number of nitrogens with zero attached hydrogens (tertiary/aromatic N) is 1. The molecule has 7 heteroatoms. The molecule has 0 spiro atoms. The summed E-state index contributed by atoms with van der Waals surface area (Å²) < 4.78 is 5.16. The number of hydrogen-bond donors (Lipinski definition) is 2. The number of carbonyl (C=O) groups excluding carboxylic acids is 1. The Morgan fingerprint density at radius 2 is 2.15 bits per heavy atom. The Bertz CT molecular complexity index is 505. The van der Waals surface area contributed by atoms with Gasteiger partial charge < -0.3 is 15.2 Å². The molecule has 0 aromatic carbocycles. The number of ether oxygens (including phenoxy) is 1. The van der Waals surface area contributed by atoms with Gasteiger partial charge >= 0.3 is 5.97 Å². The van der Waals surface area contributed by atoms with Crippen LogP contribution in [0, 0.1) is 5.92 Å². The van der Waals surface area contributed by atoms with Crippen molar-refractivity contribution in [1.82, 2.24) is 10.3 Å². The second-order valence-corrected chi connectivity index (χ2v) is 4.88. The molecule has 0 bridgehead atoms. The van der Waals surface area contributed by atoms with Crippen molar-refractivity contribution >= 4 is 23.5 Å². The fourth-order valence-electron chi connectivity index (χ4n) is 1.53. The first kappa shape index (κ1) is 16.2. The lowest BCUT2D eigenvalue weighted by Gasteiger charge is -2.17. The highest BCUT2D eigenvalue weighted by Crippen LogP contribution is 2.22. The van der Waals surface area contributed by atoms with Crippen LogP contribution in [0.1, 0.15) is 31.1 Å². The van der Waals surface area contributed by atoms with Crippen LogP contribution in [0.5, 0.6) is 5.88 Å². The molecule has 1 aromatic heterocycles. The zero-order valence-electron chi connectivity index (χ0n) is 11.5. The van der Waals surface area contributed by atoms with Gasteiger partial charge in [-0.3, -0.25) is 4.79 Å². The van der Waals surface area contributed by atoms with Crippen molar-refractivity contribution in [2.75, 3.05) is 6.61 Å². The standard InChI is InChI=1S/C13H17ClN2O4/c1-4-20-12-9(14)5-8(6-15-12)11(17)16-10(7(2)3)13(18)19/h5-7,10H,4H2,1-3H3,(H,16,17)(H,18,19). The maximum absolute atomic E-state index is 12.0. The van der Waals surface area contributed by atoms with E-state index in [1.807, 2.05) is 0 Å². The smallest absolute Gasteiger partial charge is 0.326 e. The topological polar surface area (TPSA) is 88.5 Å². The summed E-state index contributed by atoms with van der Waals surface area (Å²) in [6.45, 7) is 5.62. The van der Waals surface area contributed by atoms with Gasteiger partial charge in [-0.15, -0.1) is 0 Å². The monoisotopic (exact) mass is 300 g/mol. The minimum atomic E-state index is -1.08. The van der Waals surface area contributed by atoms with Gasteiger partial charge in [0.15, 0.2) is 0 Å². The number of rotatable bonds is 6. The Morgan fingerprint density at radius 3 is 2.60 bits per heavy atom. The lowest BCUT2D eigenvalue weighted by Crippen LogP contribution is -2.44. The summed E-state index contributed by atoms with van der Waals surface area (Å²) >= 11 is 5.93. The van der Waals surface area contributed by atoms with Gasteiger partial charge in [-0.05, 0) is 18.9 Å². The molecule has 0 aliphatic rings. The van der Waals surface area contributed by atoms with Crippen LogP contribution >= 0.6 is 11.6 Å². The van der Waals surface area contributed by atoms with E-state index in [0.29, 0.717) is 6.61 Å². The molecule has 2 N–H and O–H groups in total. The second-order valence-electron chi connectivity index (χ2n) is 4.48. The predicted molar refractivity (Wildman–Crippen MR) is 74.1 cm³/mol. The first-order valence-electron chi connectivity index (χ1n) is 6.18. The van der Waals surface area contributed by atoms with E-state index in [-0.39, 0.29) is 22.4 Å². The number of pyridine rings is 1. The molecular formula is C13H17ClN2O4. The maximum Gasteiger partial charge on any atom is 0.326 e. The largest absolute Gasteiger partial charge is 0.480 e. The summed E-state index contributed by atoms with van der Waals surface area (Å²) in [5, 5.41) is 11.7. The average Bonchev–Trinajstić information content (AvgIpc) is 2.37.